The minimum absolute atomic E-state index is 0.00174. The number of fused-ring (bicyclic) bond motifs is 3. The molecule has 2 bridgehead atoms. The van der Waals surface area contributed by atoms with Crippen LogP contribution < -0.4 is 5.32 Å². The van der Waals surface area contributed by atoms with Gasteiger partial charge >= 0.3 is 0 Å². The van der Waals surface area contributed by atoms with Crippen LogP contribution >= 0.6 is 11.3 Å². The van der Waals surface area contributed by atoms with E-state index in [-0.39, 0.29) is 11.4 Å². The number of hydrogen-bond acceptors (Lipinski definition) is 4. The number of nitrogens with zero attached hydrogens (tertiary/aromatic N) is 2. The van der Waals surface area contributed by atoms with Crippen LogP contribution in [0.5, 0.6) is 0 Å². The van der Waals surface area contributed by atoms with E-state index < -0.39 is 0 Å². The smallest absolute Gasteiger partial charge is 0.270 e. The Bertz CT molecular complexity index is 743. The summed E-state index contributed by atoms with van der Waals surface area (Å²) in [5.41, 5.74) is 0.835. The van der Waals surface area contributed by atoms with Gasteiger partial charge in [0.25, 0.3) is 5.91 Å². The Hall–Kier alpha value is -1.46. The normalized spacial score (nSPS) is 31.5. The summed E-state index contributed by atoms with van der Waals surface area (Å²) in [6.07, 6.45) is 6.75. The summed E-state index contributed by atoms with van der Waals surface area (Å²) in [4.78, 5) is 19.7. The van der Waals surface area contributed by atoms with E-state index in [2.05, 4.69) is 21.3 Å². The predicted molar refractivity (Wildman–Crippen MR) is 87.1 cm³/mol. The second-order valence-electron chi connectivity index (χ2n) is 6.91. The second kappa shape index (κ2) is 4.52. The molecule has 0 radical (unpaired) electrons. The minimum Gasteiger partial charge on any atom is -0.346 e. The summed E-state index contributed by atoms with van der Waals surface area (Å²) in [6, 6.07) is 4.29. The lowest BCUT2D eigenvalue weighted by molar-refractivity contribution is -0.00152. The van der Waals surface area contributed by atoms with Gasteiger partial charge in [0.2, 0.25) is 0 Å². The van der Waals surface area contributed by atoms with Crippen molar-refractivity contribution < 1.29 is 4.79 Å². The summed E-state index contributed by atoms with van der Waals surface area (Å²) >= 11 is 1.66. The number of piperidine rings is 3. The van der Waals surface area contributed by atoms with Crippen molar-refractivity contribution in [2.75, 3.05) is 13.1 Å². The number of carbonyl (C=O) groups is 1. The number of rotatable bonds is 2. The third kappa shape index (κ3) is 1.78. The average molecular weight is 313 g/mol. The molecular weight excluding hydrogens is 294 g/mol. The van der Waals surface area contributed by atoms with E-state index in [9.17, 15) is 4.79 Å². The second-order valence-corrected chi connectivity index (χ2v) is 7.85. The molecule has 4 fully saturated rings. The van der Waals surface area contributed by atoms with Gasteiger partial charge in [0.1, 0.15) is 5.69 Å². The van der Waals surface area contributed by atoms with E-state index in [0.29, 0.717) is 17.7 Å². The van der Waals surface area contributed by atoms with Crippen molar-refractivity contribution in [2.45, 2.75) is 37.3 Å². The number of thiophene rings is 1. The third-order valence-electron chi connectivity index (χ3n) is 5.84. The first-order valence-corrected chi connectivity index (χ1v) is 9.03. The molecule has 1 atom stereocenters. The number of nitrogens with one attached hydrogen (secondary N) is 1. The van der Waals surface area contributed by atoms with E-state index in [4.69, 9.17) is 0 Å². The molecule has 2 aromatic rings. The Labute approximate surface area is 133 Å². The van der Waals surface area contributed by atoms with Crippen LogP contribution in [0.1, 0.15) is 36.2 Å². The molecule has 3 saturated heterocycles. The van der Waals surface area contributed by atoms with Crippen molar-refractivity contribution in [3.63, 3.8) is 0 Å². The fraction of sp³-hybridized carbons (Fsp3) is 0.529. The van der Waals surface area contributed by atoms with Crippen molar-refractivity contribution in [3.05, 3.63) is 29.4 Å². The molecule has 5 heterocycles. The zero-order chi connectivity index (χ0) is 14.7. The molecule has 22 heavy (non-hydrogen) atoms. The van der Waals surface area contributed by atoms with E-state index >= 15 is 0 Å². The topological polar surface area (TPSA) is 45.2 Å². The van der Waals surface area contributed by atoms with Gasteiger partial charge in [-0.25, -0.2) is 4.98 Å². The van der Waals surface area contributed by atoms with Crippen molar-refractivity contribution in [1.82, 2.24) is 15.2 Å². The third-order valence-corrected chi connectivity index (χ3v) is 6.71. The van der Waals surface area contributed by atoms with Gasteiger partial charge in [0.15, 0.2) is 0 Å². The van der Waals surface area contributed by atoms with Crippen LogP contribution in [-0.2, 0) is 0 Å². The molecule has 3 aliphatic heterocycles. The van der Waals surface area contributed by atoms with E-state index in [1.54, 1.807) is 11.3 Å². The Balaban J connectivity index is 1.42. The van der Waals surface area contributed by atoms with Gasteiger partial charge in [0, 0.05) is 11.7 Å². The van der Waals surface area contributed by atoms with Crippen LogP contribution in [0.2, 0.25) is 0 Å². The van der Waals surface area contributed by atoms with Crippen molar-refractivity contribution in [2.24, 2.45) is 5.92 Å². The molecule has 2 aromatic heterocycles. The summed E-state index contributed by atoms with van der Waals surface area (Å²) < 4.78 is 1.14. The summed E-state index contributed by atoms with van der Waals surface area (Å²) in [7, 11) is 0. The number of carbonyl (C=O) groups excluding carboxylic acids is 1. The fourth-order valence-corrected chi connectivity index (χ4v) is 5.27. The highest BCUT2D eigenvalue weighted by Gasteiger charge is 2.60. The van der Waals surface area contributed by atoms with E-state index in [0.717, 1.165) is 10.1 Å². The SMILES string of the molecule is O=C(NC1C2CCN(CC2)C12CC2)c1cc2ccsc2cn1. The van der Waals surface area contributed by atoms with Crippen molar-refractivity contribution >= 4 is 27.3 Å². The highest BCUT2D eigenvalue weighted by Crippen LogP contribution is 2.53. The lowest BCUT2D eigenvalue weighted by atomic mass is 9.77. The maximum absolute atomic E-state index is 12.7. The molecule has 0 aromatic carbocycles. The van der Waals surface area contributed by atoms with Crippen LogP contribution in [-0.4, -0.2) is 40.5 Å². The Morgan fingerprint density at radius 2 is 2.18 bits per heavy atom. The van der Waals surface area contributed by atoms with Crippen LogP contribution in [0.25, 0.3) is 10.1 Å². The predicted octanol–water partition coefficient (Wildman–Crippen LogP) is 2.65. The first kappa shape index (κ1) is 13.0. The number of hydrogen-bond donors (Lipinski definition) is 1. The molecule has 114 valence electrons. The molecule has 1 N–H and O–H groups in total. The molecule has 1 spiro atoms. The van der Waals surface area contributed by atoms with Crippen LogP contribution in [0, 0.1) is 5.92 Å². The molecule has 1 aliphatic carbocycles. The number of aromatic nitrogens is 1. The lowest BCUT2D eigenvalue weighted by Crippen LogP contribution is -2.65. The average Bonchev–Trinajstić information content (AvgIpc) is 3.18. The number of pyridine rings is 1. The van der Waals surface area contributed by atoms with Gasteiger partial charge in [-0.05, 0) is 67.6 Å². The Morgan fingerprint density at radius 3 is 2.95 bits per heavy atom. The first-order valence-electron chi connectivity index (χ1n) is 8.15. The van der Waals surface area contributed by atoms with E-state index in [1.807, 2.05) is 17.6 Å². The van der Waals surface area contributed by atoms with Gasteiger partial charge < -0.3 is 5.32 Å². The summed E-state index contributed by atoms with van der Waals surface area (Å²) in [5.74, 6) is 0.652. The zero-order valence-electron chi connectivity index (χ0n) is 12.4. The highest BCUT2D eigenvalue weighted by atomic mass is 32.1. The van der Waals surface area contributed by atoms with Crippen LogP contribution in [0.3, 0.4) is 0 Å². The largest absolute Gasteiger partial charge is 0.346 e. The molecule has 5 heteroatoms. The monoisotopic (exact) mass is 313 g/mol. The Morgan fingerprint density at radius 1 is 1.36 bits per heavy atom. The van der Waals surface area contributed by atoms with Gasteiger partial charge in [-0.1, -0.05) is 0 Å². The van der Waals surface area contributed by atoms with Crippen LogP contribution in [0.4, 0.5) is 0 Å². The molecule has 1 unspecified atom stereocenters. The zero-order valence-corrected chi connectivity index (χ0v) is 13.2. The highest BCUT2D eigenvalue weighted by molar-refractivity contribution is 7.17. The number of amides is 1. The van der Waals surface area contributed by atoms with E-state index in [1.165, 1.54) is 38.8 Å². The first-order chi connectivity index (χ1) is 10.8. The maximum Gasteiger partial charge on any atom is 0.270 e. The lowest BCUT2D eigenvalue weighted by Gasteiger charge is -2.52. The summed E-state index contributed by atoms with van der Waals surface area (Å²) in [5, 5.41) is 6.49. The van der Waals surface area contributed by atoms with Crippen LogP contribution in [0.15, 0.2) is 23.7 Å². The van der Waals surface area contributed by atoms with Gasteiger partial charge in [0.05, 0.1) is 10.7 Å². The molecular formula is C17H19N3OS. The summed E-state index contributed by atoms with van der Waals surface area (Å²) in [6.45, 7) is 2.44. The Kier molecular flexibility index (Phi) is 2.68. The fourth-order valence-electron chi connectivity index (χ4n) is 4.53. The van der Waals surface area contributed by atoms with Gasteiger partial charge in [-0.15, -0.1) is 11.3 Å². The molecule has 1 amide bonds. The molecule has 6 rings (SSSR count). The standard InChI is InChI=1S/C17H19N3OS/c21-16(13-9-12-3-8-22-14(12)10-18-13)19-15-11-1-6-20(7-2-11)17(15)4-5-17/h3,8-11,15H,1-2,4-7H2,(H,19,21). The van der Waals surface area contributed by atoms with Crippen molar-refractivity contribution in [3.8, 4) is 0 Å². The maximum atomic E-state index is 12.7. The minimum atomic E-state index is -0.00174. The molecule has 1 saturated carbocycles. The van der Waals surface area contributed by atoms with Gasteiger partial charge in [-0.3, -0.25) is 9.69 Å². The van der Waals surface area contributed by atoms with Gasteiger partial charge in [-0.2, -0.15) is 0 Å². The quantitative estimate of drug-likeness (QED) is 0.927. The van der Waals surface area contributed by atoms with Crippen molar-refractivity contribution in [1.29, 1.82) is 0 Å². The molecule has 4 nitrogen and oxygen atoms in total. The molecule has 4 aliphatic rings.